The lowest BCUT2D eigenvalue weighted by atomic mass is 10.1. The second kappa shape index (κ2) is 4.78. The lowest BCUT2D eigenvalue weighted by molar-refractivity contribution is 0.735. The van der Waals surface area contributed by atoms with Crippen LogP contribution in [0.2, 0.25) is 0 Å². The van der Waals surface area contributed by atoms with E-state index in [2.05, 4.69) is 6.07 Å². The number of nitrogens with zero attached hydrogens (tertiary/aromatic N) is 1. The molecule has 2 N–H and O–H groups in total. The van der Waals surface area contributed by atoms with Crippen LogP contribution in [0.25, 0.3) is 0 Å². The molecule has 1 aromatic carbocycles. The first-order valence-corrected chi connectivity index (χ1v) is 4.28. The Morgan fingerprint density at radius 2 is 2.08 bits per heavy atom. The van der Waals surface area contributed by atoms with Crippen LogP contribution in [-0.4, -0.2) is 6.54 Å². The summed E-state index contributed by atoms with van der Waals surface area (Å²) < 4.78 is 0. The van der Waals surface area contributed by atoms with Crippen LogP contribution in [0.4, 0.5) is 5.69 Å². The Morgan fingerprint density at radius 1 is 1.25 bits per heavy atom. The van der Waals surface area contributed by atoms with Crippen LogP contribution in [0.5, 0.6) is 0 Å². The van der Waals surface area contributed by atoms with Crippen molar-refractivity contribution in [2.45, 2.75) is 19.3 Å². The van der Waals surface area contributed by atoms with Gasteiger partial charge in [-0.05, 0) is 37.0 Å². The molecule has 0 bridgehead atoms. The molecule has 2 radical (unpaired) electrons. The van der Waals surface area contributed by atoms with Gasteiger partial charge in [-0.15, -0.1) is 5.73 Å². The molecule has 2 heteroatoms. The highest BCUT2D eigenvalue weighted by Gasteiger charge is 1.92. The Labute approximate surface area is 73.6 Å². The third kappa shape index (κ3) is 2.93. The zero-order valence-corrected chi connectivity index (χ0v) is 7.16. The SMILES string of the molecule is [N]CCCCc1cccc(N)c1. The van der Waals surface area contributed by atoms with Gasteiger partial charge in [0.2, 0.25) is 0 Å². The number of rotatable bonds is 4. The normalized spacial score (nSPS) is 10.1. The van der Waals surface area contributed by atoms with Crippen LogP contribution in [0, 0.1) is 0 Å². The number of nitrogen functional groups attached to an aromatic ring is 1. The van der Waals surface area contributed by atoms with Crippen LogP contribution >= 0.6 is 0 Å². The molecule has 2 nitrogen and oxygen atoms in total. The van der Waals surface area contributed by atoms with Gasteiger partial charge in [-0.2, -0.15) is 0 Å². The predicted octanol–water partition coefficient (Wildman–Crippen LogP) is 1.66. The third-order valence-electron chi connectivity index (χ3n) is 1.82. The Bertz CT molecular complexity index is 233. The summed E-state index contributed by atoms with van der Waals surface area (Å²) in [6.07, 6.45) is 2.90. The van der Waals surface area contributed by atoms with E-state index in [1.54, 1.807) is 0 Å². The molecular weight excluding hydrogens is 148 g/mol. The van der Waals surface area contributed by atoms with Crippen molar-refractivity contribution in [2.75, 3.05) is 12.3 Å². The van der Waals surface area contributed by atoms with Gasteiger partial charge in [-0.3, -0.25) is 0 Å². The van der Waals surface area contributed by atoms with Gasteiger partial charge < -0.3 is 5.73 Å². The maximum absolute atomic E-state index is 8.57. The van der Waals surface area contributed by atoms with Gasteiger partial charge in [-0.1, -0.05) is 12.1 Å². The van der Waals surface area contributed by atoms with Crippen LogP contribution in [0.15, 0.2) is 24.3 Å². The highest BCUT2D eigenvalue weighted by Crippen LogP contribution is 2.09. The predicted molar refractivity (Wildman–Crippen MR) is 50.8 cm³/mol. The summed E-state index contributed by atoms with van der Waals surface area (Å²) in [6, 6.07) is 7.89. The summed E-state index contributed by atoms with van der Waals surface area (Å²) in [5.74, 6) is 0. The Morgan fingerprint density at radius 3 is 2.75 bits per heavy atom. The van der Waals surface area contributed by atoms with E-state index < -0.39 is 0 Å². The Hall–Kier alpha value is -1.02. The molecule has 0 fully saturated rings. The molecule has 0 saturated heterocycles. The Kier molecular flexibility index (Phi) is 3.61. The van der Waals surface area contributed by atoms with Crippen molar-refractivity contribution in [3.8, 4) is 0 Å². The molecule has 1 rings (SSSR count). The zero-order valence-electron chi connectivity index (χ0n) is 7.16. The van der Waals surface area contributed by atoms with Gasteiger partial charge in [-0.25, -0.2) is 0 Å². The molecule has 0 unspecified atom stereocenters. The highest BCUT2D eigenvalue weighted by atomic mass is 14.5. The lowest BCUT2D eigenvalue weighted by Crippen LogP contribution is -1.91. The van der Waals surface area contributed by atoms with Gasteiger partial charge in [0.15, 0.2) is 0 Å². The first kappa shape index (κ1) is 9.07. The molecule has 0 saturated carbocycles. The van der Waals surface area contributed by atoms with Crippen molar-refractivity contribution in [3.05, 3.63) is 29.8 Å². The van der Waals surface area contributed by atoms with E-state index in [9.17, 15) is 0 Å². The smallest absolute Gasteiger partial charge is 0.0321 e. The van der Waals surface area contributed by atoms with Gasteiger partial charge in [0.25, 0.3) is 0 Å². The topological polar surface area (TPSA) is 48.3 Å². The summed E-state index contributed by atoms with van der Waals surface area (Å²) in [5, 5.41) is 0. The first-order valence-electron chi connectivity index (χ1n) is 4.28. The number of aryl methyl sites for hydroxylation is 1. The van der Waals surface area contributed by atoms with Gasteiger partial charge in [0.1, 0.15) is 0 Å². The maximum atomic E-state index is 8.57. The Balaban J connectivity index is 2.41. The first-order chi connectivity index (χ1) is 5.83. The van der Waals surface area contributed by atoms with Crippen LogP contribution in [0.1, 0.15) is 18.4 Å². The number of hydrogen-bond acceptors (Lipinski definition) is 1. The van der Waals surface area contributed by atoms with E-state index in [-0.39, 0.29) is 6.54 Å². The van der Waals surface area contributed by atoms with E-state index in [1.165, 1.54) is 5.56 Å². The molecular formula is C10H14N2. The second-order valence-corrected chi connectivity index (χ2v) is 2.93. The van der Waals surface area contributed by atoms with E-state index >= 15 is 0 Å². The van der Waals surface area contributed by atoms with Crippen molar-refractivity contribution >= 4 is 5.69 Å². The lowest BCUT2D eigenvalue weighted by Gasteiger charge is -2.00. The summed E-state index contributed by atoms with van der Waals surface area (Å²) in [7, 11) is 0. The summed E-state index contributed by atoms with van der Waals surface area (Å²) in [6.45, 7) is 0.280. The van der Waals surface area contributed by atoms with E-state index in [0.29, 0.717) is 0 Å². The number of benzene rings is 1. The number of anilines is 1. The van der Waals surface area contributed by atoms with Gasteiger partial charge in [0.05, 0.1) is 0 Å². The molecule has 0 spiro atoms. The average Bonchev–Trinajstić information content (AvgIpc) is 2.05. The minimum atomic E-state index is 0.280. The summed E-state index contributed by atoms with van der Waals surface area (Å²) in [5.41, 5.74) is 16.3. The molecule has 1 aromatic rings. The highest BCUT2D eigenvalue weighted by molar-refractivity contribution is 5.40. The largest absolute Gasteiger partial charge is 0.399 e. The molecule has 0 amide bonds. The number of nitrogens with two attached hydrogens (primary N) is 1. The quantitative estimate of drug-likeness (QED) is 0.531. The fourth-order valence-electron chi connectivity index (χ4n) is 1.19. The minimum Gasteiger partial charge on any atom is -0.399 e. The third-order valence-corrected chi connectivity index (χ3v) is 1.82. The molecule has 0 aromatic heterocycles. The molecule has 0 heterocycles. The van der Waals surface area contributed by atoms with E-state index in [4.69, 9.17) is 11.5 Å². The van der Waals surface area contributed by atoms with E-state index in [0.717, 1.165) is 24.9 Å². The summed E-state index contributed by atoms with van der Waals surface area (Å²) in [4.78, 5) is 0. The van der Waals surface area contributed by atoms with Crippen molar-refractivity contribution < 1.29 is 0 Å². The van der Waals surface area contributed by atoms with E-state index in [1.807, 2.05) is 18.2 Å². The zero-order chi connectivity index (χ0) is 8.81. The van der Waals surface area contributed by atoms with Crippen molar-refractivity contribution in [1.82, 2.24) is 5.73 Å². The van der Waals surface area contributed by atoms with Crippen LogP contribution in [-0.2, 0) is 6.42 Å². The van der Waals surface area contributed by atoms with Gasteiger partial charge >= 0.3 is 0 Å². The average molecular weight is 162 g/mol. The number of unbranched alkanes of at least 4 members (excludes halogenated alkanes) is 1. The van der Waals surface area contributed by atoms with Crippen molar-refractivity contribution in [2.24, 2.45) is 0 Å². The molecule has 12 heavy (non-hydrogen) atoms. The van der Waals surface area contributed by atoms with Crippen molar-refractivity contribution in [1.29, 1.82) is 0 Å². The number of hydrogen-bond donors (Lipinski definition) is 1. The molecule has 0 aliphatic rings. The molecule has 0 atom stereocenters. The molecule has 64 valence electrons. The second-order valence-electron chi connectivity index (χ2n) is 2.93. The standard InChI is InChI=1S/C10H14N2/c11-7-2-1-4-9-5-3-6-10(12)8-9/h3,5-6,8H,1-2,4,7,12H2. The molecule has 0 aliphatic heterocycles. The monoisotopic (exact) mass is 162 g/mol. The van der Waals surface area contributed by atoms with Crippen LogP contribution < -0.4 is 11.5 Å². The van der Waals surface area contributed by atoms with Gasteiger partial charge in [0, 0.05) is 12.2 Å². The van der Waals surface area contributed by atoms with Crippen molar-refractivity contribution in [3.63, 3.8) is 0 Å². The fraction of sp³-hybridized carbons (Fsp3) is 0.400. The maximum Gasteiger partial charge on any atom is 0.0321 e. The van der Waals surface area contributed by atoms with Crippen LogP contribution in [0.3, 0.4) is 0 Å². The summed E-state index contributed by atoms with van der Waals surface area (Å²) >= 11 is 0. The molecule has 0 aliphatic carbocycles. The fourth-order valence-corrected chi connectivity index (χ4v) is 1.19. The minimum absolute atomic E-state index is 0.280.